The summed E-state index contributed by atoms with van der Waals surface area (Å²) in [4.78, 5) is 13.3. The molecule has 1 aromatic heterocycles. The maximum absolute atomic E-state index is 13.8. The van der Waals surface area contributed by atoms with Crippen LogP contribution in [-0.2, 0) is 22.3 Å². The van der Waals surface area contributed by atoms with Crippen LogP contribution in [0.1, 0.15) is 54.4 Å². The van der Waals surface area contributed by atoms with Crippen LogP contribution in [0.5, 0.6) is 0 Å². The van der Waals surface area contributed by atoms with E-state index in [1.54, 1.807) is 6.07 Å². The zero-order valence-corrected chi connectivity index (χ0v) is 22.4. The Morgan fingerprint density at radius 1 is 1.10 bits per heavy atom. The van der Waals surface area contributed by atoms with Gasteiger partial charge in [-0.15, -0.1) is 0 Å². The number of nitrogens with one attached hydrogen (secondary N) is 1. The van der Waals surface area contributed by atoms with Crippen molar-refractivity contribution in [2.45, 2.75) is 50.4 Å². The topological polar surface area (TPSA) is 43.3 Å². The molecule has 5 rings (SSSR count). The molecule has 1 aliphatic rings. The fourth-order valence-corrected chi connectivity index (χ4v) is 5.59. The van der Waals surface area contributed by atoms with E-state index in [1.165, 1.54) is 6.07 Å². The lowest BCUT2D eigenvalue weighted by Crippen LogP contribution is -2.40. The lowest BCUT2D eigenvalue weighted by Gasteiger charge is -2.24. The number of para-hydroxylation sites is 1. The normalized spacial score (nSPS) is 18.4. The number of aromatic nitrogens is 1. The van der Waals surface area contributed by atoms with Crippen molar-refractivity contribution in [3.05, 3.63) is 106 Å². The molecule has 2 unspecified atom stereocenters. The molecule has 0 radical (unpaired) electrons. The summed E-state index contributed by atoms with van der Waals surface area (Å²) in [5.41, 5.74) is 1.87. The standard InChI is InChI=1S/C31H30ClF3N2O2/c1-30(14-7-15-39-30)20-36-29(38)17-24(22-12-13-27(32)26(16-22)31(33,34)35)25-19-37(18-21-8-3-2-4-9-21)28-11-6-5-10-23(25)28/h2-6,8-13,16,19,24H,7,14-15,17-18,20H2,1H3,(H,36,38). The van der Waals surface area contributed by atoms with Crippen molar-refractivity contribution in [3.8, 4) is 0 Å². The van der Waals surface area contributed by atoms with Crippen LogP contribution in [0.4, 0.5) is 13.2 Å². The Hall–Kier alpha value is -3.29. The molecule has 3 aromatic carbocycles. The number of ether oxygens (including phenoxy) is 1. The first kappa shape index (κ1) is 27.3. The van der Waals surface area contributed by atoms with E-state index >= 15 is 0 Å². The summed E-state index contributed by atoms with van der Waals surface area (Å²) in [7, 11) is 0. The van der Waals surface area contributed by atoms with E-state index in [0.29, 0.717) is 25.3 Å². The van der Waals surface area contributed by atoms with Crippen LogP contribution < -0.4 is 5.32 Å². The van der Waals surface area contributed by atoms with Crippen molar-refractivity contribution in [2.75, 3.05) is 13.2 Å². The lowest BCUT2D eigenvalue weighted by molar-refractivity contribution is -0.137. The van der Waals surface area contributed by atoms with Gasteiger partial charge in [0.25, 0.3) is 0 Å². The van der Waals surface area contributed by atoms with Gasteiger partial charge in [-0.1, -0.05) is 66.2 Å². The van der Waals surface area contributed by atoms with E-state index in [4.69, 9.17) is 16.3 Å². The Morgan fingerprint density at radius 2 is 1.85 bits per heavy atom. The van der Waals surface area contributed by atoms with Gasteiger partial charge in [-0.3, -0.25) is 4.79 Å². The van der Waals surface area contributed by atoms with Crippen molar-refractivity contribution in [1.82, 2.24) is 9.88 Å². The van der Waals surface area contributed by atoms with Crippen molar-refractivity contribution in [1.29, 1.82) is 0 Å². The molecule has 4 nitrogen and oxygen atoms in total. The van der Waals surface area contributed by atoms with E-state index in [9.17, 15) is 18.0 Å². The monoisotopic (exact) mass is 554 g/mol. The second-order valence-electron chi connectivity index (χ2n) is 10.4. The summed E-state index contributed by atoms with van der Waals surface area (Å²) < 4.78 is 49.3. The van der Waals surface area contributed by atoms with Gasteiger partial charge in [0.15, 0.2) is 0 Å². The molecular weight excluding hydrogens is 525 g/mol. The second kappa shape index (κ2) is 11.1. The van der Waals surface area contributed by atoms with Gasteiger partial charge in [-0.05, 0) is 54.7 Å². The minimum Gasteiger partial charge on any atom is -0.373 e. The number of carbonyl (C=O) groups excluding carboxylic acids is 1. The van der Waals surface area contributed by atoms with Gasteiger partial charge in [0.1, 0.15) is 0 Å². The molecule has 0 spiro atoms. The Labute approximate surface area is 230 Å². The molecule has 4 aromatic rings. The number of alkyl halides is 3. The Morgan fingerprint density at radius 3 is 2.56 bits per heavy atom. The van der Waals surface area contributed by atoms with E-state index in [-0.39, 0.29) is 17.4 Å². The first-order chi connectivity index (χ1) is 18.6. The number of carbonyl (C=O) groups is 1. The summed E-state index contributed by atoms with van der Waals surface area (Å²) in [6.45, 7) is 3.55. The third-order valence-corrected chi connectivity index (χ3v) is 7.77. The molecule has 0 saturated carbocycles. The second-order valence-corrected chi connectivity index (χ2v) is 10.8. The summed E-state index contributed by atoms with van der Waals surface area (Å²) in [5, 5.41) is 3.49. The number of hydrogen-bond acceptors (Lipinski definition) is 2. The largest absolute Gasteiger partial charge is 0.417 e. The predicted molar refractivity (Wildman–Crippen MR) is 147 cm³/mol. The summed E-state index contributed by atoms with van der Waals surface area (Å²) >= 11 is 5.95. The van der Waals surface area contributed by atoms with Gasteiger partial charge < -0.3 is 14.6 Å². The third-order valence-electron chi connectivity index (χ3n) is 7.44. The minimum absolute atomic E-state index is 0.0195. The number of rotatable bonds is 8. The molecule has 1 fully saturated rings. The van der Waals surface area contributed by atoms with E-state index in [0.717, 1.165) is 40.9 Å². The highest BCUT2D eigenvalue weighted by molar-refractivity contribution is 6.31. The highest BCUT2D eigenvalue weighted by Gasteiger charge is 2.35. The van der Waals surface area contributed by atoms with Crippen LogP contribution >= 0.6 is 11.6 Å². The lowest BCUT2D eigenvalue weighted by atomic mass is 9.87. The van der Waals surface area contributed by atoms with Gasteiger partial charge >= 0.3 is 6.18 Å². The van der Waals surface area contributed by atoms with Gasteiger partial charge in [0.05, 0.1) is 16.2 Å². The number of amides is 1. The van der Waals surface area contributed by atoms with Crippen molar-refractivity contribution in [3.63, 3.8) is 0 Å². The first-order valence-electron chi connectivity index (χ1n) is 13.0. The number of hydrogen-bond donors (Lipinski definition) is 1. The van der Waals surface area contributed by atoms with Crippen LogP contribution in [-0.4, -0.2) is 29.2 Å². The molecule has 2 heterocycles. The number of halogens is 4. The molecule has 2 atom stereocenters. The molecule has 1 N–H and O–H groups in total. The van der Waals surface area contributed by atoms with Crippen LogP contribution in [0.25, 0.3) is 10.9 Å². The van der Waals surface area contributed by atoms with Gasteiger partial charge in [-0.2, -0.15) is 13.2 Å². The fourth-order valence-electron chi connectivity index (χ4n) is 5.37. The fraction of sp³-hybridized carbons (Fsp3) is 0.323. The maximum Gasteiger partial charge on any atom is 0.417 e. The first-order valence-corrected chi connectivity index (χ1v) is 13.4. The predicted octanol–water partition coefficient (Wildman–Crippen LogP) is 7.57. The Bertz CT molecular complexity index is 1460. The van der Waals surface area contributed by atoms with E-state index in [2.05, 4.69) is 9.88 Å². The average molecular weight is 555 g/mol. The van der Waals surface area contributed by atoms with E-state index in [1.807, 2.05) is 67.7 Å². The molecule has 1 aliphatic heterocycles. The van der Waals surface area contributed by atoms with Crippen LogP contribution in [0, 0.1) is 0 Å². The third kappa shape index (κ3) is 6.15. The van der Waals surface area contributed by atoms with Crippen LogP contribution in [0.15, 0.2) is 79.0 Å². The quantitative estimate of drug-likeness (QED) is 0.244. The van der Waals surface area contributed by atoms with Crippen LogP contribution in [0.2, 0.25) is 5.02 Å². The molecule has 204 valence electrons. The van der Waals surface area contributed by atoms with Crippen LogP contribution in [0.3, 0.4) is 0 Å². The summed E-state index contributed by atoms with van der Waals surface area (Å²) in [6.07, 6.45) is -0.903. The molecule has 1 amide bonds. The molecule has 0 bridgehead atoms. The average Bonchev–Trinajstić information content (AvgIpc) is 3.51. The smallest absolute Gasteiger partial charge is 0.373 e. The number of nitrogens with zero attached hydrogens (tertiary/aromatic N) is 1. The van der Waals surface area contributed by atoms with Gasteiger partial charge in [0, 0.05) is 49.1 Å². The highest BCUT2D eigenvalue weighted by Crippen LogP contribution is 2.40. The SMILES string of the molecule is CC1(CNC(=O)CC(c2ccc(Cl)c(C(F)(F)F)c2)c2cn(Cc3ccccc3)c3ccccc23)CCCO1. The number of benzene rings is 3. The molecule has 8 heteroatoms. The Kier molecular flexibility index (Phi) is 7.74. The summed E-state index contributed by atoms with van der Waals surface area (Å²) in [5.74, 6) is -0.872. The van der Waals surface area contributed by atoms with Crippen molar-refractivity contribution < 1.29 is 22.7 Å². The zero-order valence-electron chi connectivity index (χ0n) is 21.6. The molecule has 1 saturated heterocycles. The minimum atomic E-state index is -4.62. The zero-order chi connectivity index (χ0) is 27.6. The maximum atomic E-state index is 13.8. The highest BCUT2D eigenvalue weighted by atomic mass is 35.5. The Balaban J connectivity index is 1.55. The number of fused-ring (bicyclic) bond motifs is 1. The van der Waals surface area contributed by atoms with E-state index < -0.39 is 23.3 Å². The van der Waals surface area contributed by atoms with Crippen molar-refractivity contribution >= 4 is 28.4 Å². The molecule has 39 heavy (non-hydrogen) atoms. The van der Waals surface area contributed by atoms with Crippen molar-refractivity contribution in [2.24, 2.45) is 0 Å². The van der Waals surface area contributed by atoms with Gasteiger partial charge in [-0.25, -0.2) is 0 Å². The summed E-state index contributed by atoms with van der Waals surface area (Å²) in [6, 6.07) is 21.6. The molecular formula is C31H30ClF3N2O2. The van der Waals surface area contributed by atoms with Gasteiger partial charge in [0.2, 0.25) is 5.91 Å². The molecule has 0 aliphatic carbocycles.